The van der Waals surface area contributed by atoms with Crippen molar-refractivity contribution in [1.82, 2.24) is 9.55 Å². The number of carbonyl (C=O) groups excluding carboxylic acids is 2. The van der Waals surface area contributed by atoms with Gasteiger partial charge in [0.05, 0.1) is 18.7 Å². The Balaban J connectivity index is 1.47. The number of hydrogen-bond acceptors (Lipinski definition) is 4. The normalized spacial score (nSPS) is 16.0. The van der Waals surface area contributed by atoms with Crippen LogP contribution in [0.4, 0.5) is 11.4 Å². The summed E-state index contributed by atoms with van der Waals surface area (Å²) < 4.78 is 6.67. The third kappa shape index (κ3) is 3.71. The number of imidazole rings is 1. The molecule has 2 N–H and O–H groups in total. The Morgan fingerprint density at radius 1 is 1.13 bits per heavy atom. The highest BCUT2D eigenvalue weighted by Gasteiger charge is 2.35. The first-order valence-corrected chi connectivity index (χ1v) is 9.59. The lowest BCUT2D eigenvalue weighted by molar-refractivity contribution is -0.122. The Labute approximate surface area is 173 Å². The summed E-state index contributed by atoms with van der Waals surface area (Å²) in [6.45, 7) is 2.13. The summed E-state index contributed by atoms with van der Waals surface area (Å²) in [6.07, 6.45) is 1.78. The molecule has 2 aromatic carbocycles. The molecule has 2 amide bonds. The van der Waals surface area contributed by atoms with Crippen molar-refractivity contribution in [3.63, 3.8) is 0 Å². The zero-order valence-corrected chi connectivity index (χ0v) is 16.7. The maximum atomic E-state index is 12.8. The van der Waals surface area contributed by atoms with Crippen molar-refractivity contribution < 1.29 is 14.3 Å². The van der Waals surface area contributed by atoms with E-state index in [1.165, 1.54) is 4.57 Å². The second-order valence-electron chi connectivity index (χ2n) is 7.21. The summed E-state index contributed by atoms with van der Waals surface area (Å²) in [5.41, 5.74) is 2.48. The topological polar surface area (TPSA) is 96.4 Å². The van der Waals surface area contributed by atoms with Crippen molar-refractivity contribution in [2.45, 2.75) is 13.3 Å². The number of aryl methyl sites for hydroxylation is 1. The zero-order valence-electron chi connectivity index (χ0n) is 16.7. The first kappa shape index (κ1) is 19.5. The molecule has 0 spiro atoms. The number of hydrogen-bond donors (Lipinski definition) is 2. The molecular weight excluding hydrogens is 384 g/mol. The van der Waals surface area contributed by atoms with E-state index < -0.39 is 5.92 Å². The number of nitrogens with one attached hydrogen (secondary N) is 2. The molecule has 1 saturated heterocycles. The Kier molecular flexibility index (Phi) is 5.14. The quantitative estimate of drug-likeness (QED) is 0.680. The van der Waals surface area contributed by atoms with Crippen LogP contribution in [0.15, 0.2) is 59.5 Å². The lowest BCUT2D eigenvalue weighted by Crippen LogP contribution is -2.28. The van der Waals surface area contributed by atoms with Crippen LogP contribution in [0.25, 0.3) is 5.69 Å². The van der Waals surface area contributed by atoms with E-state index in [0.717, 1.165) is 11.4 Å². The van der Waals surface area contributed by atoms with Gasteiger partial charge in [0.1, 0.15) is 5.75 Å². The minimum atomic E-state index is -0.458. The van der Waals surface area contributed by atoms with Crippen LogP contribution in [0, 0.1) is 12.8 Å². The molecule has 0 bridgehead atoms. The number of amides is 2. The van der Waals surface area contributed by atoms with Gasteiger partial charge in [-0.25, -0.2) is 4.79 Å². The molecular formula is C22H22N4O4. The van der Waals surface area contributed by atoms with Gasteiger partial charge in [0, 0.05) is 36.2 Å². The number of anilines is 2. The standard InChI is InChI=1S/C22H22N4O4/c1-14-12-23-22(29)26(14)18-5-3-4-16(11-18)24-21(28)15-10-20(27)25(13-15)17-6-8-19(30-2)9-7-17/h3-9,11-12,15H,10,13H2,1-2H3,(H,23,29)(H,24,28)/t15-/m0/s1. The highest BCUT2D eigenvalue weighted by molar-refractivity contribution is 6.03. The number of nitrogens with zero attached hydrogens (tertiary/aromatic N) is 2. The highest BCUT2D eigenvalue weighted by Crippen LogP contribution is 2.27. The molecule has 1 aromatic heterocycles. The minimum Gasteiger partial charge on any atom is -0.497 e. The highest BCUT2D eigenvalue weighted by atomic mass is 16.5. The van der Waals surface area contributed by atoms with Gasteiger partial charge in [0.2, 0.25) is 11.8 Å². The summed E-state index contributed by atoms with van der Waals surface area (Å²) in [7, 11) is 1.58. The van der Waals surface area contributed by atoms with Crippen molar-refractivity contribution in [2.75, 3.05) is 23.9 Å². The average Bonchev–Trinajstić information content (AvgIpc) is 3.30. The minimum absolute atomic E-state index is 0.0939. The number of methoxy groups -OCH3 is 1. The van der Waals surface area contributed by atoms with E-state index in [0.29, 0.717) is 23.7 Å². The molecule has 0 radical (unpaired) electrons. The smallest absolute Gasteiger partial charge is 0.330 e. The first-order chi connectivity index (χ1) is 14.5. The fourth-order valence-corrected chi connectivity index (χ4v) is 3.64. The second kappa shape index (κ2) is 7.90. The Bertz CT molecular complexity index is 1150. The van der Waals surface area contributed by atoms with E-state index in [1.54, 1.807) is 66.7 Å². The number of carbonyl (C=O) groups is 2. The van der Waals surface area contributed by atoms with Crippen molar-refractivity contribution in [2.24, 2.45) is 5.92 Å². The average molecular weight is 406 g/mol. The van der Waals surface area contributed by atoms with Crippen LogP contribution in [-0.4, -0.2) is 35.0 Å². The summed E-state index contributed by atoms with van der Waals surface area (Å²) in [5.74, 6) is -0.0745. The van der Waals surface area contributed by atoms with Gasteiger partial charge in [-0.3, -0.25) is 14.2 Å². The van der Waals surface area contributed by atoms with Gasteiger partial charge < -0.3 is 19.9 Å². The Hall–Kier alpha value is -3.81. The SMILES string of the molecule is COc1ccc(N2C[C@@H](C(=O)Nc3cccc(-n4c(C)c[nH]c4=O)c3)CC2=O)cc1. The van der Waals surface area contributed by atoms with Crippen LogP contribution in [0.3, 0.4) is 0 Å². The number of aromatic nitrogens is 2. The van der Waals surface area contributed by atoms with E-state index in [-0.39, 0.29) is 23.9 Å². The van der Waals surface area contributed by atoms with Crippen LogP contribution in [0.5, 0.6) is 5.75 Å². The molecule has 30 heavy (non-hydrogen) atoms. The van der Waals surface area contributed by atoms with Crippen LogP contribution in [0.1, 0.15) is 12.1 Å². The molecule has 0 aliphatic carbocycles. The molecule has 1 fully saturated rings. The van der Waals surface area contributed by atoms with Crippen LogP contribution in [0.2, 0.25) is 0 Å². The number of H-pyrrole nitrogens is 1. The fraction of sp³-hybridized carbons (Fsp3) is 0.227. The van der Waals surface area contributed by atoms with Gasteiger partial charge in [0.25, 0.3) is 0 Å². The van der Waals surface area contributed by atoms with Gasteiger partial charge in [-0.2, -0.15) is 0 Å². The molecule has 8 heteroatoms. The zero-order chi connectivity index (χ0) is 21.3. The molecule has 154 valence electrons. The number of ether oxygens (including phenoxy) is 1. The largest absolute Gasteiger partial charge is 0.497 e. The maximum Gasteiger partial charge on any atom is 0.330 e. The predicted molar refractivity (Wildman–Crippen MR) is 113 cm³/mol. The van der Waals surface area contributed by atoms with E-state index in [4.69, 9.17) is 4.74 Å². The lowest BCUT2D eigenvalue weighted by Gasteiger charge is -2.17. The van der Waals surface area contributed by atoms with E-state index in [1.807, 2.05) is 6.92 Å². The van der Waals surface area contributed by atoms with Crippen molar-refractivity contribution in [1.29, 1.82) is 0 Å². The van der Waals surface area contributed by atoms with Gasteiger partial charge >= 0.3 is 5.69 Å². The molecule has 0 unspecified atom stereocenters. The van der Waals surface area contributed by atoms with Gasteiger partial charge in [-0.1, -0.05) is 6.07 Å². The molecule has 8 nitrogen and oxygen atoms in total. The number of aromatic amines is 1. The number of benzene rings is 2. The first-order valence-electron chi connectivity index (χ1n) is 9.59. The summed E-state index contributed by atoms with van der Waals surface area (Å²) >= 11 is 0. The lowest BCUT2D eigenvalue weighted by atomic mass is 10.1. The molecule has 2 heterocycles. The summed E-state index contributed by atoms with van der Waals surface area (Å²) in [5, 5.41) is 2.87. The van der Waals surface area contributed by atoms with Crippen molar-refractivity contribution in [3.8, 4) is 11.4 Å². The van der Waals surface area contributed by atoms with Crippen LogP contribution >= 0.6 is 0 Å². The summed E-state index contributed by atoms with van der Waals surface area (Å²) in [4.78, 5) is 41.5. The number of rotatable bonds is 5. The van der Waals surface area contributed by atoms with Gasteiger partial charge in [0.15, 0.2) is 0 Å². The molecule has 4 rings (SSSR count). The summed E-state index contributed by atoms with van der Waals surface area (Å²) in [6, 6.07) is 14.2. The third-order valence-corrected chi connectivity index (χ3v) is 5.21. The Morgan fingerprint density at radius 3 is 2.57 bits per heavy atom. The predicted octanol–water partition coefficient (Wildman–Crippen LogP) is 2.47. The van der Waals surface area contributed by atoms with E-state index >= 15 is 0 Å². The molecule has 0 saturated carbocycles. The molecule has 3 aromatic rings. The third-order valence-electron chi connectivity index (χ3n) is 5.21. The van der Waals surface area contributed by atoms with Crippen molar-refractivity contribution in [3.05, 3.63) is 70.9 Å². The van der Waals surface area contributed by atoms with Crippen molar-refractivity contribution >= 4 is 23.2 Å². The fourth-order valence-electron chi connectivity index (χ4n) is 3.64. The monoisotopic (exact) mass is 406 g/mol. The second-order valence-corrected chi connectivity index (χ2v) is 7.21. The van der Waals surface area contributed by atoms with Gasteiger partial charge in [-0.15, -0.1) is 0 Å². The van der Waals surface area contributed by atoms with E-state index in [9.17, 15) is 14.4 Å². The molecule has 1 aliphatic rings. The van der Waals surface area contributed by atoms with Crippen LogP contribution < -0.4 is 20.6 Å². The Morgan fingerprint density at radius 2 is 1.90 bits per heavy atom. The van der Waals surface area contributed by atoms with E-state index in [2.05, 4.69) is 10.3 Å². The molecule has 1 atom stereocenters. The molecule has 1 aliphatic heterocycles. The van der Waals surface area contributed by atoms with Gasteiger partial charge in [-0.05, 0) is 49.4 Å². The maximum absolute atomic E-state index is 12.8. The van der Waals surface area contributed by atoms with Crippen LogP contribution in [-0.2, 0) is 9.59 Å².